The highest BCUT2D eigenvalue weighted by Crippen LogP contribution is 2.22. The number of pyridine rings is 1. The highest BCUT2D eigenvalue weighted by molar-refractivity contribution is 6.21. The molecule has 0 saturated carbocycles. The van der Waals surface area contributed by atoms with E-state index >= 15 is 0 Å². The molecule has 0 spiro atoms. The first-order valence-corrected chi connectivity index (χ1v) is 8.05. The number of carbonyl (C=O) groups excluding carboxylic acids is 3. The van der Waals surface area contributed by atoms with Crippen LogP contribution in [0.4, 0.5) is 4.79 Å². The molecule has 2 aromatic rings. The van der Waals surface area contributed by atoms with E-state index in [-0.39, 0.29) is 43.5 Å². The second kappa shape index (κ2) is 7.22. The van der Waals surface area contributed by atoms with Crippen molar-refractivity contribution in [3.63, 3.8) is 0 Å². The zero-order valence-electron chi connectivity index (χ0n) is 13.9. The molecule has 3 rings (SSSR count). The van der Waals surface area contributed by atoms with Gasteiger partial charge in [-0.3, -0.25) is 19.3 Å². The summed E-state index contributed by atoms with van der Waals surface area (Å²) >= 11 is 0. The molecule has 8 heteroatoms. The molecule has 1 aromatic carbocycles. The summed E-state index contributed by atoms with van der Waals surface area (Å²) in [6, 6.07) is 9.97. The van der Waals surface area contributed by atoms with Gasteiger partial charge in [-0.1, -0.05) is 18.2 Å². The fourth-order valence-corrected chi connectivity index (χ4v) is 2.87. The number of hydrogen-bond donors (Lipinski definition) is 1. The Hall–Kier alpha value is -3.42. The second-order valence-corrected chi connectivity index (χ2v) is 5.76. The molecule has 8 nitrogen and oxygen atoms in total. The first kappa shape index (κ1) is 17.4. The third-order valence-corrected chi connectivity index (χ3v) is 4.16. The molecule has 2 N–H and O–H groups in total. The Bertz CT molecular complexity index is 899. The van der Waals surface area contributed by atoms with Crippen LogP contribution >= 0.6 is 0 Å². The average Bonchev–Trinajstić information content (AvgIpc) is 2.86. The van der Waals surface area contributed by atoms with E-state index in [1.807, 2.05) is 0 Å². The van der Waals surface area contributed by atoms with Crippen LogP contribution < -0.4 is 11.3 Å². The molecule has 0 atom stereocenters. The Morgan fingerprint density at radius 3 is 2.23 bits per heavy atom. The number of benzene rings is 1. The van der Waals surface area contributed by atoms with Crippen LogP contribution in [0.1, 0.15) is 26.3 Å². The number of nitrogens with zero attached hydrogens (tertiary/aromatic N) is 2. The van der Waals surface area contributed by atoms with Crippen molar-refractivity contribution in [2.75, 3.05) is 13.2 Å². The number of imide groups is 1. The highest BCUT2D eigenvalue weighted by Gasteiger charge is 2.34. The SMILES string of the molecule is NC(=O)OCCn1cccc(CCN2C(=O)c3ccccc3C2=O)c1=O. The van der Waals surface area contributed by atoms with Crippen LogP contribution in [0.5, 0.6) is 0 Å². The number of hydrogen-bond acceptors (Lipinski definition) is 5. The van der Waals surface area contributed by atoms with Crippen molar-refractivity contribution >= 4 is 17.9 Å². The van der Waals surface area contributed by atoms with E-state index < -0.39 is 6.09 Å². The van der Waals surface area contributed by atoms with Crippen molar-refractivity contribution < 1.29 is 19.1 Å². The van der Waals surface area contributed by atoms with Gasteiger partial charge in [-0.05, 0) is 24.6 Å². The number of carbonyl (C=O) groups is 3. The number of primary amides is 1. The van der Waals surface area contributed by atoms with Gasteiger partial charge >= 0.3 is 6.09 Å². The standard InChI is InChI=1S/C18H17N3O5/c19-18(25)26-11-10-20-8-3-4-12(15(20)22)7-9-21-16(23)13-5-1-2-6-14(13)17(21)24/h1-6,8H,7,9-11H2,(H2,19,25). The van der Waals surface area contributed by atoms with Gasteiger partial charge in [0.2, 0.25) is 0 Å². The average molecular weight is 355 g/mol. The molecular weight excluding hydrogens is 338 g/mol. The van der Waals surface area contributed by atoms with E-state index in [2.05, 4.69) is 4.74 Å². The minimum absolute atomic E-state index is 0.0168. The Labute approximate surface area is 148 Å². The van der Waals surface area contributed by atoms with Gasteiger partial charge in [-0.25, -0.2) is 4.79 Å². The van der Waals surface area contributed by atoms with E-state index in [1.54, 1.807) is 42.6 Å². The van der Waals surface area contributed by atoms with Gasteiger partial charge in [0.05, 0.1) is 17.7 Å². The summed E-state index contributed by atoms with van der Waals surface area (Å²) in [7, 11) is 0. The molecule has 0 unspecified atom stereocenters. The van der Waals surface area contributed by atoms with Crippen molar-refractivity contribution in [3.8, 4) is 0 Å². The number of aromatic nitrogens is 1. The summed E-state index contributed by atoms with van der Waals surface area (Å²) in [5, 5.41) is 0. The Morgan fingerprint density at radius 2 is 1.62 bits per heavy atom. The molecule has 0 bridgehead atoms. The van der Waals surface area contributed by atoms with Crippen LogP contribution in [-0.2, 0) is 17.7 Å². The van der Waals surface area contributed by atoms with Crippen LogP contribution in [0, 0.1) is 0 Å². The molecule has 0 radical (unpaired) electrons. The third kappa shape index (κ3) is 3.34. The van der Waals surface area contributed by atoms with Crippen LogP contribution in [0.2, 0.25) is 0 Å². The van der Waals surface area contributed by atoms with E-state index in [0.717, 1.165) is 4.90 Å². The van der Waals surface area contributed by atoms with Gasteiger partial charge in [0.1, 0.15) is 6.61 Å². The summed E-state index contributed by atoms with van der Waals surface area (Å²) in [4.78, 5) is 48.9. The summed E-state index contributed by atoms with van der Waals surface area (Å²) < 4.78 is 6.02. The number of ether oxygens (including phenoxy) is 1. The Balaban J connectivity index is 1.69. The maximum absolute atomic E-state index is 12.4. The van der Waals surface area contributed by atoms with Gasteiger partial charge in [0, 0.05) is 18.3 Å². The van der Waals surface area contributed by atoms with Gasteiger partial charge < -0.3 is 15.0 Å². The fourth-order valence-electron chi connectivity index (χ4n) is 2.87. The first-order valence-electron chi connectivity index (χ1n) is 8.05. The lowest BCUT2D eigenvalue weighted by molar-refractivity contribution is 0.0656. The van der Waals surface area contributed by atoms with Gasteiger partial charge in [0.25, 0.3) is 17.4 Å². The smallest absolute Gasteiger partial charge is 0.404 e. The van der Waals surface area contributed by atoms with Gasteiger partial charge in [0.15, 0.2) is 0 Å². The molecule has 1 aromatic heterocycles. The molecule has 2 heterocycles. The summed E-state index contributed by atoms with van der Waals surface area (Å²) in [5.74, 6) is -0.701. The fraction of sp³-hybridized carbons (Fsp3) is 0.222. The number of rotatable bonds is 6. The first-order chi connectivity index (χ1) is 12.5. The van der Waals surface area contributed by atoms with Crippen molar-refractivity contribution in [2.24, 2.45) is 5.73 Å². The number of nitrogens with two attached hydrogens (primary N) is 1. The minimum Gasteiger partial charge on any atom is -0.448 e. The predicted molar refractivity (Wildman–Crippen MR) is 91.8 cm³/mol. The predicted octanol–water partition coefficient (Wildman–Crippen LogP) is 0.782. The maximum Gasteiger partial charge on any atom is 0.404 e. The molecular formula is C18H17N3O5. The zero-order valence-corrected chi connectivity index (χ0v) is 13.9. The van der Waals surface area contributed by atoms with Crippen molar-refractivity contribution in [1.29, 1.82) is 0 Å². The topological polar surface area (TPSA) is 112 Å². The monoisotopic (exact) mass is 355 g/mol. The third-order valence-electron chi connectivity index (χ3n) is 4.16. The molecule has 134 valence electrons. The van der Waals surface area contributed by atoms with Crippen molar-refractivity contribution in [2.45, 2.75) is 13.0 Å². The maximum atomic E-state index is 12.4. The Kier molecular flexibility index (Phi) is 4.83. The van der Waals surface area contributed by atoms with E-state index in [4.69, 9.17) is 5.73 Å². The van der Waals surface area contributed by atoms with Crippen LogP contribution in [0.15, 0.2) is 47.4 Å². The second-order valence-electron chi connectivity index (χ2n) is 5.76. The van der Waals surface area contributed by atoms with E-state index in [9.17, 15) is 19.2 Å². The molecule has 0 fully saturated rings. The molecule has 26 heavy (non-hydrogen) atoms. The van der Waals surface area contributed by atoms with Crippen molar-refractivity contribution in [1.82, 2.24) is 9.47 Å². The van der Waals surface area contributed by atoms with Gasteiger partial charge in [-0.15, -0.1) is 0 Å². The van der Waals surface area contributed by atoms with Crippen LogP contribution in [0.25, 0.3) is 0 Å². The van der Waals surface area contributed by atoms with Crippen LogP contribution in [-0.4, -0.2) is 40.5 Å². The Morgan fingerprint density at radius 1 is 0.962 bits per heavy atom. The minimum atomic E-state index is -0.903. The summed E-state index contributed by atoms with van der Waals surface area (Å²) in [5.41, 5.74) is 5.84. The quantitative estimate of drug-likeness (QED) is 0.770. The number of fused-ring (bicyclic) bond motifs is 1. The molecule has 0 aliphatic carbocycles. The summed E-state index contributed by atoms with van der Waals surface area (Å²) in [6.07, 6.45) is 0.903. The van der Waals surface area contributed by atoms with E-state index in [1.165, 1.54) is 4.57 Å². The lowest BCUT2D eigenvalue weighted by Gasteiger charge is -2.14. The van der Waals surface area contributed by atoms with Crippen molar-refractivity contribution in [3.05, 3.63) is 69.6 Å². The highest BCUT2D eigenvalue weighted by atomic mass is 16.5. The van der Waals surface area contributed by atoms with E-state index in [0.29, 0.717) is 16.7 Å². The molecule has 1 aliphatic heterocycles. The number of amides is 3. The molecule has 0 saturated heterocycles. The lowest BCUT2D eigenvalue weighted by atomic mass is 10.1. The summed E-state index contributed by atoms with van der Waals surface area (Å²) in [6.45, 7) is 0.267. The van der Waals surface area contributed by atoms with Gasteiger partial charge in [-0.2, -0.15) is 0 Å². The van der Waals surface area contributed by atoms with Crippen LogP contribution in [0.3, 0.4) is 0 Å². The zero-order chi connectivity index (χ0) is 18.7. The normalized spacial score (nSPS) is 13.0. The largest absolute Gasteiger partial charge is 0.448 e. The molecule has 1 aliphatic rings. The lowest BCUT2D eigenvalue weighted by Crippen LogP contribution is -2.34. The molecule has 3 amide bonds.